The van der Waals surface area contributed by atoms with Gasteiger partial charge in [0.2, 0.25) is 0 Å². The second-order valence-electron chi connectivity index (χ2n) is 6.21. The first-order valence-corrected chi connectivity index (χ1v) is 8.92. The zero-order valence-electron chi connectivity index (χ0n) is 13.1. The molecule has 5 heteroatoms. The molecule has 3 heterocycles. The van der Waals surface area contributed by atoms with Crippen molar-refractivity contribution >= 4 is 33.8 Å². The molecule has 0 amide bonds. The third kappa shape index (κ3) is 2.03. The molecule has 8 bridgehead atoms. The lowest BCUT2D eigenvalue weighted by Crippen LogP contribution is -1.84. The van der Waals surface area contributed by atoms with Gasteiger partial charge in [0.25, 0.3) is 0 Å². The van der Waals surface area contributed by atoms with Crippen molar-refractivity contribution in [3.63, 3.8) is 0 Å². The Morgan fingerprint density at radius 3 is 1.76 bits per heavy atom. The number of benzene rings is 3. The van der Waals surface area contributed by atoms with Gasteiger partial charge in [-0.3, -0.25) is 0 Å². The van der Waals surface area contributed by atoms with E-state index in [-0.39, 0.29) is 0 Å². The fourth-order valence-electron chi connectivity index (χ4n) is 3.32. The normalized spacial score (nSPS) is 12.6. The number of H-pyrrole nitrogens is 2. The summed E-state index contributed by atoms with van der Waals surface area (Å²) in [6.45, 7) is 0. The molecule has 0 atom stereocenters. The van der Waals surface area contributed by atoms with Gasteiger partial charge in [0.1, 0.15) is 11.6 Å². The van der Waals surface area contributed by atoms with E-state index in [1.54, 1.807) is 11.8 Å². The number of aromatic amines is 2. The number of imidazole rings is 2. The Labute approximate surface area is 147 Å². The molecule has 0 radical (unpaired) electrons. The fourth-order valence-corrected chi connectivity index (χ4v) is 4.21. The van der Waals surface area contributed by atoms with Gasteiger partial charge < -0.3 is 9.97 Å². The number of aromatic nitrogens is 4. The van der Waals surface area contributed by atoms with Gasteiger partial charge in [-0.2, -0.15) is 0 Å². The van der Waals surface area contributed by atoms with Gasteiger partial charge in [0, 0.05) is 20.9 Å². The van der Waals surface area contributed by atoms with Crippen LogP contribution in [0, 0.1) is 0 Å². The van der Waals surface area contributed by atoms with Gasteiger partial charge in [-0.1, -0.05) is 30.0 Å². The van der Waals surface area contributed by atoms with Crippen LogP contribution in [0.2, 0.25) is 0 Å². The zero-order valence-corrected chi connectivity index (χ0v) is 13.9. The number of hydrogen-bond acceptors (Lipinski definition) is 3. The Balaban J connectivity index is 1.73. The standard InChI is InChI=1S/C20H12N4S/c1-2-11-8-12(3-1)20-22-16-7-5-14(10-18(16)24-20)25-13-4-6-15-17(9-13)23-19(11)21-15/h1-10H,(H,21,23)(H,22,24). The topological polar surface area (TPSA) is 57.4 Å². The molecule has 0 unspecified atom stereocenters. The summed E-state index contributed by atoms with van der Waals surface area (Å²) in [5, 5.41) is 0. The predicted molar refractivity (Wildman–Crippen MR) is 101 cm³/mol. The molecule has 6 rings (SSSR count). The van der Waals surface area contributed by atoms with E-state index in [1.807, 2.05) is 6.07 Å². The summed E-state index contributed by atoms with van der Waals surface area (Å²) in [4.78, 5) is 18.8. The third-order valence-electron chi connectivity index (χ3n) is 4.55. The van der Waals surface area contributed by atoms with Crippen molar-refractivity contribution in [2.24, 2.45) is 0 Å². The minimum absolute atomic E-state index is 0.881. The lowest BCUT2D eigenvalue weighted by molar-refractivity contribution is 1.31. The van der Waals surface area contributed by atoms with Crippen LogP contribution in [0.1, 0.15) is 0 Å². The Hall–Kier alpha value is -3.05. The smallest absolute Gasteiger partial charge is 0.138 e. The van der Waals surface area contributed by atoms with Crippen molar-refractivity contribution in [1.29, 1.82) is 0 Å². The number of nitrogens with one attached hydrogen (secondary N) is 2. The minimum Gasteiger partial charge on any atom is -0.338 e. The number of fused-ring (bicyclic) bond motifs is 8. The van der Waals surface area contributed by atoms with Crippen LogP contribution in [-0.4, -0.2) is 19.9 Å². The van der Waals surface area contributed by atoms with E-state index < -0.39 is 0 Å². The number of rotatable bonds is 0. The Bertz CT molecular complexity index is 1190. The Kier molecular flexibility index (Phi) is 2.51. The molecule has 0 fully saturated rings. The van der Waals surface area contributed by atoms with Crippen molar-refractivity contribution in [2.45, 2.75) is 9.79 Å². The summed E-state index contributed by atoms with van der Waals surface area (Å²) in [5.41, 5.74) is 6.19. The monoisotopic (exact) mass is 340 g/mol. The highest BCUT2D eigenvalue weighted by Crippen LogP contribution is 2.34. The maximum atomic E-state index is 4.79. The lowest BCUT2D eigenvalue weighted by Gasteiger charge is -2.01. The SMILES string of the molecule is c1cc2cc(c1)-c1nc3cc(ccc3[nH]1)Sc1ccc3[nH]c-2nc3c1. The van der Waals surface area contributed by atoms with Gasteiger partial charge in [-0.05, 0) is 42.5 Å². The van der Waals surface area contributed by atoms with E-state index in [0.717, 1.165) is 44.8 Å². The first-order chi connectivity index (χ1) is 12.3. The summed E-state index contributed by atoms with van der Waals surface area (Å²) in [7, 11) is 0. The van der Waals surface area contributed by atoms with E-state index in [0.29, 0.717) is 0 Å². The van der Waals surface area contributed by atoms with Crippen LogP contribution in [0.5, 0.6) is 0 Å². The van der Waals surface area contributed by atoms with E-state index in [2.05, 4.69) is 64.6 Å². The lowest BCUT2D eigenvalue weighted by atomic mass is 10.1. The molecule has 0 aliphatic carbocycles. The molecule has 4 nitrogen and oxygen atoms in total. The Morgan fingerprint density at radius 1 is 0.640 bits per heavy atom. The molecule has 1 aliphatic rings. The van der Waals surface area contributed by atoms with Crippen LogP contribution in [0.4, 0.5) is 0 Å². The number of hydrogen-bond donors (Lipinski definition) is 2. The van der Waals surface area contributed by atoms with Crippen LogP contribution in [0.25, 0.3) is 44.8 Å². The summed E-state index contributed by atoms with van der Waals surface area (Å²) in [6.07, 6.45) is 0. The zero-order chi connectivity index (χ0) is 16.4. The molecule has 1 aliphatic heterocycles. The van der Waals surface area contributed by atoms with Crippen LogP contribution < -0.4 is 0 Å². The molecule has 0 saturated carbocycles. The fraction of sp³-hybridized carbons (Fsp3) is 0. The molecular weight excluding hydrogens is 328 g/mol. The molecule has 2 N–H and O–H groups in total. The highest BCUT2D eigenvalue weighted by molar-refractivity contribution is 7.99. The van der Waals surface area contributed by atoms with Crippen LogP contribution in [0.15, 0.2) is 70.5 Å². The average molecular weight is 340 g/mol. The molecule has 3 aromatic carbocycles. The Morgan fingerprint density at radius 2 is 1.20 bits per heavy atom. The quantitative estimate of drug-likeness (QED) is 0.398. The molecule has 0 spiro atoms. The van der Waals surface area contributed by atoms with Gasteiger partial charge in [0.05, 0.1) is 22.1 Å². The van der Waals surface area contributed by atoms with Crippen molar-refractivity contribution in [3.8, 4) is 22.8 Å². The van der Waals surface area contributed by atoms with E-state index >= 15 is 0 Å². The van der Waals surface area contributed by atoms with Crippen molar-refractivity contribution in [2.75, 3.05) is 0 Å². The van der Waals surface area contributed by atoms with Gasteiger partial charge >= 0.3 is 0 Å². The van der Waals surface area contributed by atoms with Crippen LogP contribution >= 0.6 is 11.8 Å². The van der Waals surface area contributed by atoms with E-state index in [1.165, 1.54) is 9.79 Å². The molecule has 0 saturated heterocycles. The first kappa shape index (κ1) is 13.3. The second kappa shape index (κ2) is 4.74. The van der Waals surface area contributed by atoms with Crippen LogP contribution in [-0.2, 0) is 0 Å². The van der Waals surface area contributed by atoms with Gasteiger partial charge in [-0.25, -0.2) is 9.97 Å². The first-order valence-electron chi connectivity index (χ1n) is 8.10. The largest absolute Gasteiger partial charge is 0.338 e. The van der Waals surface area contributed by atoms with Crippen molar-refractivity contribution in [3.05, 3.63) is 60.7 Å². The summed E-state index contributed by atoms with van der Waals surface area (Å²) in [6, 6.07) is 21.0. The molecule has 2 aromatic heterocycles. The van der Waals surface area contributed by atoms with E-state index in [4.69, 9.17) is 9.97 Å². The molecule has 5 aromatic rings. The van der Waals surface area contributed by atoms with Crippen molar-refractivity contribution < 1.29 is 0 Å². The van der Waals surface area contributed by atoms with Crippen molar-refractivity contribution in [1.82, 2.24) is 19.9 Å². The third-order valence-corrected chi connectivity index (χ3v) is 5.53. The predicted octanol–water partition coefficient (Wildman–Crippen LogP) is 5.24. The second-order valence-corrected chi connectivity index (χ2v) is 7.36. The maximum Gasteiger partial charge on any atom is 0.138 e. The molecule has 25 heavy (non-hydrogen) atoms. The highest BCUT2D eigenvalue weighted by atomic mass is 32.2. The summed E-state index contributed by atoms with van der Waals surface area (Å²) < 4.78 is 0. The van der Waals surface area contributed by atoms with Gasteiger partial charge in [-0.15, -0.1) is 0 Å². The van der Waals surface area contributed by atoms with E-state index in [9.17, 15) is 0 Å². The summed E-state index contributed by atoms with van der Waals surface area (Å²) >= 11 is 1.73. The summed E-state index contributed by atoms with van der Waals surface area (Å²) in [5.74, 6) is 1.76. The number of nitrogens with zero attached hydrogens (tertiary/aromatic N) is 2. The maximum absolute atomic E-state index is 4.79. The van der Waals surface area contributed by atoms with Crippen LogP contribution in [0.3, 0.4) is 0 Å². The average Bonchev–Trinajstić information content (AvgIpc) is 3.24. The molecule has 118 valence electrons. The minimum atomic E-state index is 0.881. The van der Waals surface area contributed by atoms with Gasteiger partial charge in [0.15, 0.2) is 0 Å². The highest BCUT2D eigenvalue weighted by Gasteiger charge is 2.12. The molecular formula is C20H12N4S.